The van der Waals surface area contributed by atoms with Gasteiger partial charge in [0.2, 0.25) is 0 Å². The van der Waals surface area contributed by atoms with Crippen molar-refractivity contribution >= 4 is 30.8 Å². The third kappa shape index (κ3) is 67.9. The van der Waals surface area contributed by atoms with Crippen LogP contribution >= 0.6 is 24.8 Å². The number of hydrogen-bond acceptors (Lipinski definition) is 3. The minimum atomic E-state index is -0.981. The first-order valence-electron chi connectivity index (χ1n) is 8.65. The van der Waals surface area contributed by atoms with Crippen LogP contribution in [0.1, 0.15) is 91.4 Å². The molecule has 152 valence electrons. The van der Waals surface area contributed by atoms with Crippen LogP contribution in [0.3, 0.4) is 0 Å². The lowest BCUT2D eigenvalue weighted by Gasteiger charge is -1.99. The van der Waals surface area contributed by atoms with Crippen molar-refractivity contribution in [2.24, 2.45) is 5.73 Å². The van der Waals surface area contributed by atoms with Crippen molar-refractivity contribution in [2.75, 3.05) is 6.54 Å². The Hall–Kier alpha value is -0.290. The van der Waals surface area contributed by atoms with Crippen LogP contribution in [-0.4, -0.2) is 17.6 Å². The minimum Gasteiger partial charge on any atom is -0.478 e. The van der Waals surface area contributed by atoms with Crippen molar-refractivity contribution in [1.29, 1.82) is 0 Å². The van der Waals surface area contributed by atoms with Crippen molar-refractivity contribution in [3.63, 3.8) is 0 Å². The average molecular weight is 391 g/mol. The molecule has 0 rings (SSSR count). The highest BCUT2D eigenvalue weighted by atomic mass is 35.5. The first kappa shape index (κ1) is 39.0. The molecule has 0 aromatic rings. The molecule has 0 aliphatic rings. The van der Waals surface area contributed by atoms with Gasteiger partial charge in [0.25, 0.3) is 0 Å². The number of carbonyl (C=O) groups is 1. The quantitative estimate of drug-likeness (QED) is 0.275. The summed E-state index contributed by atoms with van der Waals surface area (Å²) in [5.41, 5.74) is 5.03. The standard InChI is InChI=1S/C12H26.C3H9N.C3H4O2.2ClH.H3N/c1-3-5-7-9-11-12-10-8-6-4-2;1-2-3-4;1-2-3(4)5;;;/h3-12H2,1-2H3;2-4H2,1H3;2H,1H2,(H,4,5);2*1H;1H3. The second-order valence-electron chi connectivity index (χ2n) is 5.16. The molecule has 0 aromatic heterocycles. The van der Waals surface area contributed by atoms with E-state index in [4.69, 9.17) is 10.8 Å². The SMILES string of the molecule is C=CC(=O)O.CCCCCCCCCCCC.CCCN.Cl.Cl.N. The molecule has 6 N–H and O–H groups in total. The van der Waals surface area contributed by atoms with E-state index in [0.717, 1.165) is 19.0 Å². The summed E-state index contributed by atoms with van der Waals surface area (Å²) in [6.07, 6.45) is 16.4. The molecule has 0 aromatic carbocycles. The predicted molar refractivity (Wildman–Crippen MR) is 114 cm³/mol. The number of nitrogens with two attached hydrogens (primary N) is 1. The van der Waals surface area contributed by atoms with Gasteiger partial charge in [-0.2, -0.15) is 0 Å². The van der Waals surface area contributed by atoms with Crippen molar-refractivity contribution in [2.45, 2.75) is 91.4 Å². The van der Waals surface area contributed by atoms with Crippen LogP contribution in [0, 0.1) is 0 Å². The van der Waals surface area contributed by atoms with E-state index in [9.17, 15) is 4.79 Å². The second kappa shape index (κ2) is 43.4. The van der Waals surface area contributed by atoms with Gasteiger partial charge in [-0.3, -0.25) is 0 Å². The monoisotopic (exact) mass is 390 g/mol. The lowest BCUT2D eigenvalue weighted by Crippen LogP contribution is -1.93. The zero-order valence-electron chi connectivity index (χ0n) is 16.2. The maximum atomic E-state index is 9.25. The van der Waals surface area contributed by atoms with Gasteiger partial charge in [-0.25, -0.2) is 4.79 Å². The van der Waals surface area contributed by atoms with Gasteiger partial charge in [0.05, 0.1) is 0 Å². The number of unbranched alkanes of at least 4 members (excludes halogenated alkanes) is 9. The fraction of sp³-hybridized carbons (Fsp3) is 0.833. The molecule has 0 heterocycles. The van der Waals surface area contributed by atoms with E-state index in [1.807, 2.05) is 0 Å². The Bertz CT molecular complexity index is 195. The van der Waals surface area contributed by atoms with Crippen LogP contribution < -0.4 is 11.9 Å². The van der Waals surface area contributed by atoms with E-state index in [2.05, 4.69) is 27.4 Å². The summed E-state index contributed by atoms with van der Waals surface area (Å²) in [5, 5.41) is 7.60. The highest BCUT2D eigenvalue weighted by Crippen LogP contribution is 2.09. The zero-order chi connectivity index (χ0) is 16.8. The van der Waals surface area contributed by atoms with Crippen LogP contribution in [0.4, 0.5) is 0 Å². The summed E-state index contributed by atoms with van der Waals surface area (Å²) in [5.74, 6) is -0.981. The van der Waals surface area contributed by atoms with Gasteiger partial charge < -0.3 is 17.0 Å². The molecule has 6 heteroatoms. The molecule has 4 nitrogen and oxygen atoms in total. The Kier molecular flexibility index (Phi) is 70.5. The van der Waals surface area contributed by atoms with E-state index >= 15 is 0 Å². The van der Waals surface area contributed by atoms with Gasteiger partial charge in [0, 0.05) is 6.08 Å². The normalized spacial score (nSPS) is 7.83. The van der Waals surface area contributed by atoms with E-state index in [-0.39, 0.29) is 31.0 Å². The molecule has 0 atom stereocenters. The predicted octanol–water partition coefficient (Wildman–Crippen LogP) is 6.54. The Morgan fingerprint density at radius 1 is 0.833 bits per heavy atom. The molecule has 0 aliphatic carbocycles. The molecule has 0 unspecified atom stereocenters. The van der Waals surface area contributed by atoms with Crippen molar-refractivity contribution in [3.05, 3.63) is 12.7 Å². The van der Waals surface area contributed by atoms with Crippen LogP contribution in [0.15, 0.2) is 12.7 Å². The Labute approximate surface area is 163 Å². The second-order valence-corrected chi connectivity index (χ2v) is 5.16. The van der Waals surface area contributed by atoms with E-state index in [0.29, 0.717) is 0 Å². The Balaban J connectivity index is -0.0000000575. The molecule has 0 saturated heterocycles. The first-order valence-corrected chi connectivity index (χ1v) is 8.65. The summed E-state index contributed by atoms with van der Waals surface area (Å²) >= 11 is 0. The number of carboxylic acid groups (broad SMARTS) is 1. The van der Waals surface area contributed by atoms with Crippen LogP contribution in [0.25, 0.3) is 0 Å². The number of carboxylic acids is 1. The summed E-state index contributed by atoms with van der Waals surface area (Å²) in [4.78, 5) is 9.25. The molecule has 0 amide bonds. The molecule has 24 heavy (non-hydrogen) atoms. The summed E-state index contributed by atoms with van der Waals surface area (Å²) in [6, 6.07) is 0. The summed E-state index contributed by atoms with van der Waals surface area (Å²) in [6.45, 7) is 10.4. The number of hydrogen-bond donors (Lipinski definition) is 3. The number of rotatable bonds is 11. The minimum absolute atomic E-state index is 0. The lowest BCUT2D eigenvalue weighted by molar-refractivity contribution is -0.131. The molecule has 0 bridgehead atoms. The third-order valence-corrected chi connectivity index (χ3v) is 2.92. The maximum absolute atomic E-state index is 9.25. The van der Waals surface area contributed by atoms with Crippen LogP contribution in [0.5, 0.6) is 0 Å². The summed E-state index contributed by atoms with van der Waals surface area (Å²) in [7, 11) is 0. The Morgan fingerprint density at radius 3 is 1.17 bits per heavy atom. The molecule has 0 radical (unpaired) electrons. The van der Waals surface area contributed by atoms with E-state index in [1.165, 1.54) is 64.2 Å². The van der Waals surface area contributed by atoms with Crippen molar-refractivity contribution < 1.29 is 9.90 Å². The van der Waals surface area contributed by atoms with Gasteiger partial charge in [-0.1, -0.05) is 91.6 Å². The number of halogens is 2. The van der Waals surface area contributed by atoms with E-state index in [1.54, 1.807) is 0 Å². The van der Waals surface area contributed by atoms with Gasteiger partial charge in [-0.05, 0) is 13.0 Å². The van der Waals surface area contributed by atoms with E-state index < -0.39 is 5.97 Å². The highest BCUT2D eigenvalue weighted by molar-refractivity contribution is 5.85. The van der Waals surface area contributed by atoms with Gasteiger partial charge in [-0.15, -0.1) is 24.8 Å². The van der Waals surface area contributed by atoms with Gasteiger partial charge >= 0.3 is 5.97 Å². The van der Waals surface area contributed by atoms with Gasteiger partial charge in [0.1, 0.15) is 0 Å². The Morgan fingerprint density at radius 2 is 1.04 bits per heavy atom. The zero-order valence-corrected chi connectivity index (χ0v) is 17.9. The summed E-state index contributed by atoms with van der Waals surface area (Å²) < 4.78 is 0. The van der Waals surface area contributed by atoms with Crippen LogP contribution in [0.2, 0.25) is 0 Å². The largest absolute Gasteiger partial charge is 0.478 e. The molecular formula is C18H44Cl2N2O2. The molecule has 0 saturated carbocycles. The smallest absolute Gasteiger partial charge is 0.327 e. The fourth-order valence-electron chi connectivity index (χ4n) is 1.56. The highest BCUT2D eigenvalue weighted by Gasteiger charge is 1.90. The van der Waals surface area contributed by atoms with Crippen LogP contribution in [-0.2, 0) is 4.79 Å². The lowest BCUT2D eigenvalue weighted by atomic mass is 10.1. The molecule has 0 spiro atoms. The topological polar surface area (TPSA) is 98.3 Å². The molecule has 0 aliphatic heterocycles. The fourth-order valence-corrected chi connectivity index (χ4v) is 1.56. The maximum Gasteiger partial charge on any atom is 0.327 e. The third-order valence-electron chi connectivity index (χ3n) is 2.92. The molecular weight excluding hydrogens is 347 g/mol. The number of aliphatic carboxylic acids is 1. The van der Waals surface area contributed by atoms with Crippen molar-refractivity contribution in [3.8, 4) is 0 Å². The average Bonchev–Trinajstić information content (AvgIpc) is 2.51. The molecule has 0 fully saturated rings. The first-order chi connectivity index (χ1) is 10.1. The van der Waals surface area contributed by atoms with Crippen molar-refractivity contribution in [1.82, 2.24) is 6.15 Å². The van der Waals surface area contributed by atoms with Gasteiger partial charge in [0.15, 0.2) is 0 Å².